The van der Waals surface area contributed by atoms with Gasteiger partial charge in [-0.25, -0.2) is 8.42 Å². The van der Waals surface area contributed by atoms with Gasteiger partial charge in [-0.2, -0.15) is 4.98 Å². The Balaban J connectivity index is 1.72. The van der Waals surface area contributed by atoms with Crippen LogP contribution in [0.1, 0.15) is 32.1 Å². The molecule has 9 heteroatoms. The first kappa shape index (κ1) is 18.0. The molecular weight excluding hydrogens is 414 g/mol. The highest BCUT2D eigenvalue weighted by atomic mass is 79.9. The molecule has 0 aliphatic carbocycles. The van der Waals surface area contributed by atoms with E-state index in [0.717, 1.165) is 28.0 Å². The Hall–Kier alpha value is -0.770. The summed E-state index contributed by atoms with van der Waals surface area (Å²) in [7, 11) is -2.90. The largest absolute Gasteiger partial charge is 0.338 e. The Morgan fingerprint density at radius 2 is 2.29 bits per heavy atom. The van der Waals surface area contributed by atoms with E-state index in [-0.39, 0.29) is 17.5 Å². The van der Waals surface area contributed by atoms with Crippen molar-refractivity contribution < 1.29 is 12.9 Å². The van der Waals surface area contributed by atoms with Gasteiger partial charge < -0.3 is 4.52 Å². The molecule has 3 heterocycles. The van der Waals surface area contributed by atoms with Crippen molar-refractivity contribution in [3.8, 4) is 10.7 Å². The molecule has 1 saturated heterocycles. The third-order valence-corrected chi connectivity index (χ3v) is 7.49. The molecule has 0 aromatic carbocycles. The van der Waals surface area contributed by atoms with Crippen LogP contribution in [0, 0.1) is 0 Å². The zero-order chi connectivity index (χ0) is 17.2. The molecule has 1 unspecified atom stereocenters. The second-order valence-electron chi connectivity index (χ2n) is 6.00. The number of sulfone groups is 1. The normalized spacial score (nSPS) is 20.0. The standard InChI is InChI=1S/C15H20BrN3O3S2/c1-2-3-7-19(11-6-8-24(20,21)10-11)9-14-17-15(18-22-14)12-4-5-13(16)23-12/h4-5,11H,2-3,6-10H2,1H3. The fourth-order valence-corrected chi connectivity index (χ4v) is 5.92. The van der Waals surface area contributed by atoms with Crippen LogP contribution in [-0.2, 0) is 16.4 Å². The van der Waals surface area contributed by atoms with Crippen molar-refractivity contribution in [3.63, 3.8) is 0 Å². The van der Waals surface area contributed by atoms with Crippen molar-refractivity contribution in [2.45, 2.75) is 38.8 Å². The summed E-state index contributed by atoms with van der Waals surface area (Å²) in [6.07, 6.45) is 2.77. The van der Waals surface area contributed by atoms with Crippen LogP contribution in [0.15, 0.2) is 20.4 Å². The lowest BCUT2D eigenvalue weighted by Gasteiger charge is -2.26. The highest BCUT2D eigenvalue weighted by Gasteiger charge is 2.32. The Bertz CT molecular complexity index is 787. The summed E-state index contributed by atoms with van der Waals surface area (Å²) in [5.74, 6) is 1.62. The molecule has 1 fully saturated rings. The molecule has 2 aromatic heterocycles. The number of rotatable bonds is 7. The zero-order valence-corrected chi connectivity index (χ0v) is 16.7. The van der Waals surface area contributed by atoms with Gasteiger partial charge in [0.15, 0.2) is 9.84 Å². The molecule has 0 spiro atoms. The van der Waals surface area contributed by atoms with Crippen LogP contribution in [0.2, 0.25) is 0 Å². The Morgan fingerprint density at radius 1 is 1.46 bits per heavy atom. The molecular formula is C15H20BrN3O3S2. The number of unbranched alkanes of at least 4 members (excludes halogenated alkanes) is 1. The monoisotopic (exact) mass is 433 g/mol. The van der Waals surface area contributed by atoms with Crippen molar-refractivity contribution in [2.24, 2.45) is 0 Å². The van der Waals surface area contributed by atoms with Crippen LogP contribution >= 0.6 is 27.3 Å². The predicted molar refractivity (Wildman–Crippen MR) is 97.7 cm³/mol. The smallest absolute Gasteiger partial charge is 0.241 e. The van der Waals surface area contributed by atoms with Crippen LogP contribution < -0.4 is 0 Å². The van der Waals surface area contributed by atoms with Gasteiger partial charge in [0.2, 0.25) is 11.7 Å². The number of halogens is 1. The SMILES string of the molecule is CCCCN(Cc1nc(-c2ccc(Br)s2)no1)C1CCS(=O)(=O)C1. The fourth-order valence-electron chi connectivity index (χ4n) is 2.84. The van der Waals surface area contributed by atoms with Gasteiger partial charge in [-0.15, -0.1) is 11.3 Å². The Labute approximate surface area is 154 Å². The van der Waals surface area contributed by atoms with E-state index in [0.29, 0.717) is 24.7 Å². The van der Waals surface area contributed by atoms with Crippen LogP contribution in [0.4, 0.5) is 0 Å². The molecule has 24 heavy (non-hydrogen) atoms. The summed E-state index contributed by atoms with van der Waals surface area (Å²) >= 11 is 4.98. The van der Waals surface area contributed by atoms with Crippen molar-refractivity contribution in [2.75, 3.05) is 18.1 Å². The molecule has 0 N–H and O–H groups in total. The van der Waals surface area contributed by atoms with E-state index in [2.05, 4.69) is 37.9 Å². The van der Waals surface area contributed by atoms with E-state index in [1.54, 1.807) is 11.3 Å². The molecule has 0 amide bonds. The average Bonchev–Trinajstić information content (AvgIpc) is 3.23. The van der Waals surface area contributed by atoms with Crippen LogP contribution in [0.25, 0.3) is 10.7 Å². The van der Waals surface area contributed by atoms with Crippen LogP contribution in [-0.4, -0.2) is 47.6 Å². The van der Waals surface area contributed by atoms with E-state index in [1.165, 1.54) is 0 Å². The second-order valence-corrected chi connectivity index (χ2v) is 10.7. The van der Waals surface area contributed by atoms with E-state index < -0.39 is 9.84 Å². The highest BCUT2D eigenvalue weighted by molar-refractivity contribution is 9.11. The maximum atomic E-state index is 11.8. The lowest BCUT2D eigenvalue weighted by molar-refractivity contribution is 0.175. The number of hydrogen-bond donors (Lipinski definition) is 0. The van der Waals surface area contributed by atoms with Gasteiger partial charge in [-0.3, -0.25) is 4.90 Å². The lowest BCUT2D eigenvalue weighted by atomic mass is 10.2. The van der Waals surface area contributed by atoms with Gasteiger partial charge in [-0.1, -0.05) is 18.5 Å². The summed E-state index contributed by atoms with van der Waals surface area (Å²) in [5.41, 5.74) is 0. The number of hydrogen-bond acceptors (Lipinski definition) is 7. The maximum absolute atomic E-state index is 11.8. The molecule has 0 saturated carbocycles. The molecule has 3 rings (SSSR count). The minimum absolute atomic E-state index is 0.0489. The lowest BCUT2D eigenvalue weighted by Crippen LogP contribution is -2.36. The summed E-state index contributed by atoms with van der Waals surface area (Å²) in [5, 5.41) is 4.05. The van der Waals surface area contributed by atoms with Gasteiger partial charge >= 0.3 is 0 Å². The van der Waals surface area contributed by atoms with Crippen LogP contribution in [0.3, 0.4) is 0 Å². The van der Waals surface area contributed by atoms with E-state index in [1.807, 2.05) is 12.1 Å². The second kappa shape index (κ2) is 7.63. The molecule has 1 atom stereocenters. The fraction of sp³-hybridized carbons (Fsp3) is 0.600. The first-order valence-corrected chi connectivity index (χ1v) is 11.4. The van der Waals surface area contributed by atoms with E-state index in [4.69, 9.17) is 4.52 Å². The molecule has 0 radical (unpaired) electrons. The van der Waals surface area contributed by atoms with Gasteiger partial charge in [0, 0.05) is 6.04 Å². The third kappa shape index (κ3) is 4.44. The molecule has 6 nitrogen and oxygen atoms in total. The van der Waals surface area contributed by atoms with Gasteiger partial charge in [0.05, 0.1) is 26.7 Å². The molecule has 0 bridgehead atoms. The van der Waals surface area contributed by atoms with Crippen molar-refractivity contribution in [3.05, 3.63) is 21.8 Å². The molecule has 132 valence electrons. The minimum Gasteiger partial charge on any atom is -0.338 e. The number of aromatic nitrogens is 2. The summed E-state index contributed by atoms with van der Waals surface area (Å²) in [4.78, 5) is 7.59. The van der Waals surface area contributed by atoms with Crippen molar-refractivity contribution in [1.29, 1.82) is 0 Å². The quantitative estimate of drug-likeness (QED) is 0.665. The third-order valence-electron chi connectivity index (χ3n) is 4.12. The molecule has 1 aliphatic heterocycles. The number of nitrogens with zero attached hydrogens (tertiary/aromatic N) is 3. The van der Waals surface area contributed by atoms with Crippen LogP contribution in [0.5, 0.6) is 0 Å². The average molecular weight is 434 g/mol. The van der Waals surface area contributed by atoms with E-state index in [9.17, 15) is 8.42 Å². The zero-order valence-electron chi connectivity index (χ0n) is 13.4. The van der Waals surface area contributed by atoms with Crippen molar-refractivity contribution in [1.82, 2.24) is 15.0 Å². The molecule has 2 aromatic rings. The predicted octanol–water partition coefficient (Wildman–Crippen LogP) is 3.35. The molecule has 1 aliphatic rings. The van der Waals surface area contributed by atoms with Gasteiger partial charge in [0.25, 0.3) is 0 Å². The Morgan fingerprint density at radius 3 is 2.92 bits per heavy atom. The first-order valence-electron chi connectivity index (χ1n) is 7.99. The Kier molecular flexibility index (Phi) is 5.74. The number of thiophene rings is 1. The first-order chi connectivity index (χ1) is 11.5. The van der Waals surface area contributed by atoms with Gasteiger partial charge in [-0.05, 0) is 47.4 Å². The minimum atomic E-state index is -2.90. The summed E-state index contributed by atoms with van der Waals surface area (Å²) < 4.78 is 30.0. The van der Waals surface area contributed by atoms with E-state index >= 15 is 0 Å². The highest BCUT2D eigenvalue weighted by Crippen LogP contribution is 2.29. The van der Waals surface area contributed by atoms with Crippen molar-refractivity contribution >= 4 is 37.1 Å². The summed E-state index contributed by atoms with van der Waals surface area (Å²) in [6, 6.07) is 3.95. The summed E-state index contributed by atoms with van der Waals surface area (Å²) in [6.45, 7) is 3.47. The topological polar surface area (TPSA) is 76.3 Å². The maximum Gasteiger partial charge on any atom is 0.241 e. The van der Waals surface area contributed by atoms with Gasteiger partial charge in [0.1, 0.15) is 0 Å².